The first kappa shape index (κ1) is 23.5. The minimum absolute atomic E-state index is 0.0427. The van der Waals surface area contributed by atoms with Crippen LogP contribution in [0.1, 0.15) is 30.9 Å². The van der Waals surface area contributed by atoms with Gasteiger partial charge in [-0.25, -0.2) is 4.79 Å². The first-order chi connectivity index (χ1) is 15.9. The highest BCUT2D eigenvalue weighted by Crippen LogP contribution is 2.41. The molecule has 0 saturated carbocycles. The van der Waals surface area contributed by atoms with E-state index in [0.717, 1.165) is 11.3 Å². The summed E-state index contributed by atoms with van der Waals surface area (Å²) in [4.78, 5) is 12.7. The zero-order chi connectivity index (χ0) is 24.0. The molecule has 0 saturated heterocycles. The van der Waals surface area contributed by atoms with Gasteiger partial charge in [0.25, 0.3) is 0 Å². The Morgan fingerprint density at radius 1 is 1.12 bits per heavy atom. The zero-order valence-electron chi connectivity index (χ0n) is 19.0. The molecular formula is C25H26N2O6. The fourth-order valence-electron chi connectivity index (χ4n) is 3.58. The molecule has 0 bridgehead atoms. The third-order valence-corrected chi connectivity index (χ3v) is 5.20. The number of hydrogen-bond donors (Lipinski definition) is 1. The number of esters is 1. The number of methoxy groups -OCH3 is 2. The lowest BCUT2D eigenvalue weighted by Gasteiger charge is -2.27. The fourth-order valence-corrected chi connectivity index (χ4v) is 3.58. The molecular weight excluding hydrogens is 424 g/mol. The summed E-state index contributed by atoms with van der Waals surface area (Å²) >= 11 is 0. The largest absolute Gasteiger partial charge is 0.497 e. The van der Waals surface area contributed by atoms with E-state index >= 15 is 0 Å². The molecule has 0 fully saturated rings. The summed E-state index contributed by atoms with van der Waals surface area (Å²) in [5.41, 5.74) is 7.76. The summed E-state index contributed by atoms with van der Waals surface area (Å²) in [6.07, 6.45) is 0. The average molecular weight is 450 g/mol. The Labute approximate surface area is 192 Å². The highest BCUT2D eigenvalue weighted by molar-refractivity contribution is 5.92. The molecule has 0 aliphatic carbocycles. The first-order valence-corrected chi connectivity index (χ1v) is 10.3. The Hall–Kier alpha value is -4.12. The van der Waals surface area contributed by atoms with Gasteiger partial charge in [0.2, 0.25) is 5.88 Å². The fraction of sp³-hybridized carbons (Fsp3) is 0.280. The Morgan fingerprint density at radius 2 is 1.82 bits per heavy atom. The molecule has 1 heterocycles. The Balaban J connectivity index is 1.94. The molecule has 8 heteroatoms. The van der Waals surface area contributed by atoms with Crippen molar-refractivity contribution in [1.29, 1.82) is 5.26 Å². The van der Waals surface area contributed by atoms with Crippen molar-refractivity contribution in [2.24, 2.45) is 5.73 Å². The van der Waals surface area contributed by atoms with Gasteiger partial charge in [0.15, 0.2) is 0 Å². The number of nitriles is 1. The van der Waals surface area contributed by atoms with Crippen LogP contribution in [0.15, 0.2) is 65.3 Å². The molecule has 2 N–H and O–H groups in total. The van der Waals surface area contributed by atoms with Crippen LogP contribution in [0.25, 0.3) is 0 Å². The molecule has 2 aromatic rings. The Morgan fingerprint density at radius 3 is 2.42 bits per heavy atom. The van der Waals surface area contributed by atoms with E-state index in [-0.39, 0.29) is 30.2 Å². The van der Waals surface area contributed by atoms with E-state index in [0.29, 0.717) is 22.8 Å². The van der Waals surface area contributed by atoms with E-state index in [1.54, 1.807) is 34.1 Å². The topological polar surface area (TPSA) is 113 Å². The van der Waals surface area contributed by atoms with Crippen LogP contribution in [-0.4, -0.2) is 26.8 Å². The minimum Gasteiger partial charge on any atom is -0.497 e. The Kier molecular flexibility index (Phi) is 7.46. The van der Waals surface area contributed by atoms with Crippen molar-refractivity contribution >= 4 is 5.97 Å². The van der Waals surface area contributed by atoms with Gasteiger partial charge in [-0.2, -0.15) is 5.26 Å². The maximum Gasteiger partial charge on any atom is 0.338 e. The third kappa shape index (κ3) is 5.04. The number of allylic oxidation sites excluding steroid dienone is 2. The Bertz CT molecular complexity index is 1130. The van der Waals surface area contributed by atoms with E-state index in [1.165, 1.54) is 0 Å². The van der Waals surface area contributed by atoms with Crippen LogP contribution < -0.4 is 19.9 Å². The number of nitrogens with zero attached hydrogens (tertiary/aromatic N) is 1. The lowest BCUT2D eigenvalue weighted by molar-refractivity contribution is -0.139. The van der Waals surface area contributed by atoms with Gasteiger partial charge in [0, 0.05) is 5.56 Å². The van der Waals surface area contributed by atoms with E-state index in [2.05, 4.69) is 6.07 Å². The summed E-state index contributed by atoms with van der Waals surface area (Å²) in [6, 6.07) is 14.7. The summed E-state index contributed by atoms with van der Waals surface area (Å²) in [7, 11) is 3.15. The van der Waals surface area contributed by atoms with E-state index in [1.807, 2.05) is 36.4 Å². The number of rotatable bonds is 8. The van der Waals surface area contributed by atoms with Crippen molar-refractivity contribution in [2.75, 3.05) is 20.8 Å². The quantitative estimate of drug-likeness (QED) is 0.602. The highest BCUT2D eigenvalue weighted by Gasteiger charge is 2.36. The van der Waals surface area contributed by atoms with Gasteiger partial charge < -0.3 is 29.4 Å². The van der Waals surface area contributed by atoms with Crippen LogP contribution in [0.4, 0.5) is 0 Å². The van der Waals surface area contributed by atoms with Crippen LogP contribution in [0.3, 0.4) is 0 Å². The third-order valence-electron chi connectivity index (χ3n) is 5.20. The lowest BCUT2D eigenvalue weighted by atomic mass is 9.82. The van der Waals surface area contributed by atoms with Crippen LogP contribution in [0.5, 0.6) is 17.2 Å². The van der Waals surface area contributed by atoms with Crippen LogP contribution in [-0.2, 0) is 20.9 Å². The number of hydrogen-bond acceptors (Lipinski definition) is 8. The van der Waals surface area contributed by atoms with E-state index < -0.39 is 11.9 Å². The number of carbonyl (C=O) groups excluding carboxylic acids is 1. The van der Waals surface area contributed by atoms with Crippen molar-refractivity contribution in [3.63, 3.8) is 0 Å². The number of nitrogens with two attached hydrogens (primary N) is 1. The molecule has 8 nitrogen and oxygen atoms in total. The van der Waals surface area contributed by atoms with E-state index in [9.17, 15) is 10.1 Å². The highest BCUT2D eigenvalue weighted by atomic mass is 16.5. The summed E-state index contributed by atoms with van der Waals surface area (Å²) in [6.45, 7) is 3.78. The first-order valence-electron chi connectivity index (χ1n) is 10.3. The SMILES string of the molecule is CCOC(=O)C1=C(C)OC(N)=C(C#N)C1c1ccc(COc2ccc(OC)cc2)c(OC)c1. The van der Waals surface area contributed by atoms with Crippen molar-refractivity contribution in [2.45, 2.75) is 26.4 Å². The molecule has 3 rings (SSSR count). The van der Waals surface area contributed by atoms with Crippen molar-refractivity contribution in [1.82, 2.24) is 0 Å². The predicted molar refractivity (Wildman–Crippen MR) is 120 cm³/mol. The molecule has 172 valence electrons. The summed E-state index contributed by atoms with van der Waals surface area (Å²) in [5, 5.41) is 9.73. The van der Waals surface area contributed by atoms with Crippen LogP contribution >= 0.6 is 0 Å². The summed E-state index contributed by atoms with van der Waals surface area (Å²) < 4.78 is 27.3. The van der Waals surface area contributed by atoms with Gasteiger partial charge in [-0.3, -0.25) is 0 Å². The normalized spacial score (nSPS) is 15.4. The molecule has 0 spiro atoms. The molecule has 33 heavy (non-hydrogen) atoms. The molecule has 1 aliphatic heterocycles. The second kappa shape index (κ2) is 10.5. The zero-order valence-corrected chi connectivity index (χ0v) is 19.0. The molecule has 0 radical (unpaired) electrons. The average Bonchev–Trinajstić information content (AvgIpc) is 2.82. The molecule has 2 aromatic carbocycles. The van der Waals surface area contributed by atoms with Gasteiger partial charge in [0.05, 0.1) is 32.3 Å². The van der Waals surface area contributed by atoms with Crippen LogP contribution in [0.2, 0.25) is 0 Å². The monoisotopic (exact) mass is 450 g/mol. The number of ether oxygens (including phenoxy) is 5. The molecule has 0 amide bonds. The standard InChI is InChI=1S/C25H26N2O6/c1-5-31-25(28)22-15(2)33-24(27)20(13-26)23(22)16-6-7-17(21(12-16)30-4)14-32-19-10-8-18(29-3)9-11-19/h6-12,23H,5,14,27H2,1-4H3. The lowest BCUT2D eigenvalue weighted by Crippen LogP contribution is -2.25. The van der Waals surface area contributed by atoms with Crippen molar-refractivity contribution in [3.8, 4) is 23.3 Å². The summed E-state index contributed by atoms with van der Waals surface area (Å²) in [5.74, 6) is 0.905. The predicted octanol–water partition coefficient (Wildman–Crippen LogP) is 3.93. The molecule has 0 aromatic heterocycles. The van der Waals surface area contributed by atoms with Crippen molar-refractivity contribution < 1.29 is 28.5 Å². The van der Waals surface area contributed by atoms with Gasteiger partial charge >= 0.3 is 5.97 Å². The maximum atomic E-state index is 12.7. The van der Waals surface area contributed by atoms with Gasteiger partial charge in [-0.15, -0.1) is 0 Å². The number of benzene rings is 2. The van der Waals surface area contributed by atoms with Gasteiger partial charge in [-0.05, 0) is 49.7 Å². The van der Waals surface area contributed by atoms with Gasteiger partial charge in [-0.1, -0.05) is 12.1 Å². The molecule has 1 aliphatic rings. The molecule has 1 atom stereocenters. The number of carbonyl (C=O) groups is 1. The van der Waals surface area contributed by atoms with E-state index in [4.69, 9.17) is 29.4 Å². The maximum absolute atomic E-state index is 12.7. The minimum atomic E-state index is -0.742. The smallest absolute Gasteiger partial charge is 0.338 e. The van der Waals surface area contributed by atoms with Crippen LogP contribution in [0, 0.1) is 11.3 Å². The van der Waals surface area contributed by atoms with Gasteiger partial charge in [0.1, 0.15) is 41.3 Å². The van der Waals surface area contributed by atoms with Crippen molar-refractivity contribution in [3.05, 3.63) is 76.4 Å². The second-order valence-electron chi connectivity index (χ2n) is 7.15. The molecule has 1 unspecified atom stereocenters. The second-order valence-corrected chi connectivity index (χ2v) is 7.15.